The lowest BCUT2D eigenvalue weighted by Crippen LogP contribution is -2.25. The molecule has 3 nitrogen and oxygen atoms in total. The average Bonchev–Trinajstić information content (AvgIpc) is 2.37. The molecule has 0 aromatic heterocycles. The van der Waals surface area contributed by atoms with Crippen molar-refractivity contribution >= 4 is 0 Å². The third-order valence-corrected chi connectivity index (χ3v) is 2.36. The molecule has 0 radical (unpaired) electrons. The summed E-state index contributed by atoms with van der Waals surface area (Å²) < 4.78 is 0. The molecule has 1 fully saturated rings. The van der Waals surface area contributed by atoms with Crippen molar-refractivity contribution in [1.82, 2.24) is 10.2 Å². The molecule has 66 valence electrons. The molecule has 1 aliphatic rings. The van der Waals surface area contributed by atoms with Crippen LogP contribution in [0.4, 0.5) is 0 Å². The third kappa shape index (κ3) is 3.18. The van der Waals surface area contributed by atoms with E-state index in [2.05, 4.69) is 17.3 Å². The zero-order valence-electron chi connectivity index (χ0n) is 7.34. The first-order valence-electron chi connectivity index (χ1n) is 4.42. The van der Waals surface area contributed by atoms with Crippen LogP contribution in [0.3, 0.4) is 0 Å². The Morgan fingerprint density at radius 3 is 3.00 bits per heavy atom. The Bertz CT molecular complexity index is 106. The van der Waals surface area contributed by atoms with Crippen LogP contribution in [0.5, 0.6) is 0 Å². The maximum absolute atomic E-state index is 5.32. The summed E-state index contributed by atoms with van der Waals surface area (Å²) in [6.45, 7) is 4.23. The van der Waals surface area contributed by atoms with Crippen LogP contribution in [0, 0.1) is 5.92 Å². The molecular weight excluding hydrogens is 138 g/mol. The summed E-state index contributed by atoms with van der Waals surface area (Å²) in [6.07, 6.45) is 2.64. The minimum Gasteiger partial charge on any atom is -0.318 e. The van der Waals surface area contributed by atoms with E-state index in [0.717, 1.165) is 12.5 Å². The second-order valence-corrected chi connectivity index (χ2v) is 3.41. The highest BCUT2D eigenvalue weighted by atomic mass is 15.1. The van der Waals surface area contributed by atoms with Crippen molar-refractivity contribution in [3.8, 4) is 0 Å². The Morgan fingerprint density at radius 2 is 2.45 bits per heavy atom. The van der Waals surface area contributed by atoms with Crippen LogP contribution < -0.4 is 11.1 Å². The number of nitrogens with zero attached hydrogens (tertiary/aromatic N) is 1. The molecule has 1 saturated heterocycles. The number of hydrogen-bond acceptors (Lipinski definition) is 3. The Morgan fingerprint density at radius 1 is 1.64 bits per heavy atom. The van der Waals surface area contributed by atoms with Gasteiger partial charge < -0.3 is 16.0 Å². The molecular formula is C8H19N3. The van der Waals surface area contributed by atoms with E-state index in [1.54, 1.807) is 0 Å². The smallest absolute Gasteiger partial charge is 0.0428 e. The van der Waals surface area contributed by atoms with Crippen molar-refractivity contribution in [3.63, 3.8) is 0 Å². The third-order valence-electron chi connectivity index (χ3n) is 2.36. The topological polar surface area (TPSA) is 41.3 Å². The summed E-state index contributed by atoms with van der Waals surface area (Å²) in [6, 6.07) is 0. The fourth-order valence-corrected chi connectivity index (χ4v) is 1.67. The predicted molar refractivity (Wildman–Crippen MR) is 47.3 cm³/mol. The van der Waals surface area contributed by atoms with E-state index in [1.165, 1.54) is 25.9 Å². The van der Waals surface area contributed by atoms with Gasteiger partial charge in [0.1, 0.15) is 0 Å². The van der Waals surface area contributed by atoms with Gasteiger partial charge >= 0.3 is 0 Å². The summed E-state index contributed by atoms with van der Waals surface area (Å²) in [5.74, 6) is 0.902. The second kappa shape index (κ2) is 4.70. The van der Waals surface area contributed by atoms with Gasteiger partial charge in [0.05, 0.1) is 0 Å². The highest BCUT2D eigenvalue weighted by Gasteiger charge is 2.18. The van der Waals surface area contributed by atoms with Gasteiger partial charge in [-0.05, 0) is 38.9 Å². The van der Waals surface area contributed by atoms with Crippen molar-refractivity contribution in [3.05, 3.63) is 0 Å². The lowest BCUT2D eigenvalue weighted by atomic mass is 10.1. The van der Waals surface area contributed by atoms with Crippen LogP contribution in [-0.4, -0.2) is 38.3 Å². The zero-order chi connectivity index (χ0) is 8.10. The monoisotopic (exact) mass is 157 g/mol. The molecule has 11 heavy (non-hydrogen) atoms. The molecule has 0 saturated carbocycles. The first-order chi connectivity index (χ1) is 5.33. The van der Waals surface area contributed by atoms with Crippen LogP contribution in [-0.2, 0) is 0 Å². The number of hydrogen-bond donors (Lipinski definition) is 2. The van der Waals surface area contributed by atoms with Gasteiger partial charge in [-0.1, -0.05) is 0 Å². The molecule has 1 rings (SSSR count). The maximum atomic E-state index is 5.32. The Kier molecular flexibility index (Phi) is 3.83. The van der Waals surface area contributed by atoms with Crippen LogP contribution in [0.1, 0.15) is 12.8 Å². The lowest BCUT2D eigenvalue weighted by Gasteiger charge is -2.09. The Hall–Kier alpha value is -0.120. The molecule has 1 heterocycles. The number of nitrogens with one attached hydrogen (secondary N) is 1. The van der Waals surface area contributed by atoms with Crippen molar-refractivity contribution in [1.29, 1.82) is 0 Å². The summed E-state index contributed by atoms with van der Waals surface area (Å²) >= 11 is 0. The fraction of sp³-hybridized carbons (Fsp3) is 1.00. The minimum absolute atomic E-state index is 0.614. The van der Waals surface area contributed by atoms with E-state index in [4.69, 9.17) is 5.73 Å². The number of rotatable bonds is 4. The van der Waals surface area contributed by atoms with E-state index in [1.807, 2.05) is 0 Å². The van der Waals surface area contributed by atoms with Crippen molar-refractivity contribution in [2.24, 2.45) is 11.7 Å². The maximum Gasteiger partial charge on any atom is 0.0428 e. The van der Waals surface area contributed by atoms with E-state index in [0.29, 0.717) is 6.67 Å². The van der Waals surface area contributed by atoms with E-state index in [-0.39, 0.29) is 0 Å². The van der Waals surface area contributed by atoms with Crippen LogP contribution in [0.25, 0.3) is 0 Å². The van der Waals surface area contributed by atoms with Crippen LogP contribution in [0.15, 0.2) is 0 Å². The molecule has 0 bridgehead atoms. The number of likely N-dealkylation sites (tertiary alicyclic amines) is 1. The normalized spacial score (nSPS) is 26.2. The quantitative estimate of drug-likeness (QED) is 0.440. The number of nitrogens with two attached hydrogens (primary N) is 1. The van der Waals surface area contributed by atoms with Gasteiger partial charge in [-0.2, -0.15) is 0 Å². The summed E-state index contributed by atoms with van der Waals surface area (Å²) in [4.78, 5) is 2.40. The van der Waals surface area contributed by atoms with Gasteiger partial charge in [-0.15, -0.1) is 0 Å². The molecule has 0 aromatic rings. The first kappa shape index (κ1) is 8.97. The molecule has 1 unspecified atom stereocenters. The SMILES string of the molecule is CN1CCC(CCNCN)C1. The predicted octanol–water partition coefficient (Wildman–Crippen LogP) is -0.166. The molecule has 0 aliphatic carbocycles. The molecule has 3 N–H and O–H groups in total. The summed E-state index contributed by atoms with van der Waals surface area (Å²) in [7, 11) is 2.19. The van der Waals surface area contributed by atoms with Gasteiger partial charge in [-0.25, -0.2) is 0 Å². The van der Waals surface area contributed by atoms with Gasteiger partial charge in [0.25, 0.3) is 0 Å². The molecule has 0 spiro atoms. The lowest BCUT2D eigenvalue weighted by molar-refractivity contribution is 0.385. The first-order valence-corrected chi connectivity index (χ1v) is 4.42. The summed E-state index contributed by atoms with van der Waals surface area (Å²) in [5, 5.41) is 3.15. The molecule has 1 aliphatic heterocycles. The molecule has 0 aromatic carbocycles. The van der Waals surface area contributed by atoms with E-state index >= 15 is 0 Å². The second-order valence-electron chi connectivity index (χ2n) is 3.41. The minimum atomic E-state index is 0.614. The summed E-state index contributed by atoms with van der Waals surface area (Å²) in [5.41, 5.74) is 5.32. The molecule has 3 heteroatoms. The van der Waals surface area contributed by atoms with Crippen molar-refractivity contribution in [2.45, 2.75) is 12.8 Å². The van der Waals surface area contributed by atoms with E-state index in [9.17, 15) is 0 Å². The Balaban J connectivity index is 1.99. The molecule has 0 amide bonds. The Labute approximate surface area is 68.9 Å². The van der Waals surface area contributed by atoms with Crippen molar-refractivity contribution < 1.29 is 0 Å². The fourth-order valence-electron chi connectivity index (χ4n) is 1.67. The van der Waals surface area contributed by atoms with E-state index < -0.39 is 0 Å². The largest absolute Gasteiger partial charge is 0.318 e. The van der Waals surface area contributed by atoms with Crippen LogP contribution in [0.2, 0.25) is 0 Å². The van der Waals surface area contributed by atoms with Crippen LogP contribution >= 0.6 is 0 Å². The van der Waals surface area contributed by atoms with Crippen molar-refractivity contribution in [2.75, 3.05) is 33.4 Å². The van der Waals surface area contributed by atoms with Gasteiger partial charge in [0.2, 0.25) is 0 Å². The zero-order valence-corrected chi connectivity index (χ0v) is 7.34. The van der Waals surface area contributed by atoms with Gasteiger partial charge in [0.15, 0.2) is 0 Å². The standard InChI is InChI=1S/C8H19N3/c1-11-5-3-8(6-11)2-4-10-7-9/h8,10H,2-7,9H2,1H3. The van der Waals surface area contributed by atoms with Gasteiger partial charge in [-0.3, -0.25) is 0 Å². The highest BCUT2D eigenvalue weighted by molar-refractivity contribution is 4.73. The highest BCUT2D eigenvalue weighted by Crippen LogP contribution is 2.16. The van der Waals surface area contributed by atoms with Gasteiger partial charge in [0, 0.05) is 13.2 Å². The average molecular weight is 157 g/mol. The molecule has 1 atom stereocenters.